The molecule has 3 nitrogen and oxygen atoms in total. The van der Waals surface area contributed by atoms with Gasteiger partial charge in [0, 0.05) is 13.7 Å². The molecule has 0 atom stereocenters. The number of hydroxylamine groups is 1. The molecular formula is C5H14N2O. The summed E-state index contributed by atoms with van der Waals surface area (Å²) in [4.78, 5) is 4.77. The van der Waals surface area contributed by atoms with Gasteiger partial charge in [-0.3, -0.25) is 10.3 Å². The molecule has 0 aliphatic heterocycles. The molecule has 0 amide bonds. The van der Waals surface area contributed by atoms with E-state index in [1.807, 2.05) is 6.92 Å². The molecule has 0 bridgehead atoms. The van der Waals surface area contributed by atoms with Crippen molar-refractivity contribution in [3.05, 3.63) is 12.3 Å². The summed E-state index contributed by atoms with van der Waals surface area (Å²) in [6.45, 7) is 6.41. The van der Waals surface area contributed by atoms with Crippen molar-refractivity contribution < 1.29 is 6.26 Å². The third kappa shape index (κ3) is 5.46. The Labute approximate surface area is 51.0 Å². The second-order valence-corrected chi connectivity index (χ2v) is 1.52. The van der Waals surface area contributed by atoms with Gasteiger partial charge in [-0.15, -0.1) is 0 Å². The van der Waals surface area contributed by atoms with Gasteiger partial charge in [0.25, 0.3) is 0 Å². The Hall–Kier alpha value is -0.540. The largest absolute Gasteiger partial charge is 0.328 e. The molecule has 0 radical (unpaired) electrons. The van der Waals surface area contributed by atoms with Crippen molar-refractivity contribution in [2.45, 2.75) is 6.92 Å². The molecule has 0 aromatic rings. The lowest BCUT2D eigenvalue weighted by molar-refractivity contribution is 0.0694. The first-order valence-corrected chi connectivity index (χ1v) is 2.50. The van der Waals surface area contributed by atoms with E-state index in [4.69, 9.17) is 10.6 Å². The van der Waals surface area contributed by atoms with Crippen LogP contribution in [0, 0.1) is 0 Å². The minimum atomic E-state index is 0. The highest BCUT2D eigenvalue weighted by atomic mass is 16.6. The van der Waals surface area contributed by atoms with Gasteiger partial charge >= 0.3 is 0 Å². The molecular weight excluding hydrogens is 104 g/mol. The highest BCUT2D eigenvalue weighted by Gasteiger charge is 1.79. The fraction of sp³-hybridized carbons (Fsp3) is 0.600. The number of hydrogen-bond acceptors (Lipinski definition) is 3. The molecule has 0 spiro atoms. The van der Waals surface area contributed by atoms with Crippen LogP contribution in [0.2, 0.25) is 0 Å². The summed E-state index contributed by atoms with van der Waals surface area (Å²) in [5, 5.41) is 0. The smallest absolute Gasteiger partial charge is 0.0868 e. The lowest BCUT2D eigenvalue weighted by atomic mass is 10.6. The Kier molecular flexibility index (Phi) is 4.30. The van der Waals surface area contributed by atoms with Gasteiger partial charge in [-0.2, -0.15) is 0 Å². The van der Waals surface area contributed by atoms with Crippen molar-refractivity contribution in [1.29, 1.82) is 0 Å². The molecule has 50 valence electrons. The molecule has 0 saturated heterocycles. The van der Waals surface area contributed by atoms with E-state index in [1.165, 1.54) is 0 Å². The Morgan fingerprint density at radius 1 is 2.00 bits per heavy atom. The van der Waals surface area contributed by atoms with Crippen molar-refractivity contribution in [3.8, 4) is 0 Å². The van der Waals surface area contributed by atoms with Gasteiger partial charge in [0.15, 0.2) is 0 Å². The van der Waals surface area contributed by atoms with Gasteiger partial charge in [0.05, 0.1) is 6.61 Å². The lowest BCUT2D eigenvalue weighted by Gasteiger charge is -2.02. The molecule has 0 aliphatic carbocycles. The molecule has 0 fully saturated rings. The van der Waals surface area contributed by atoms with E-state index < -0.39 is 0 Å². The molecule has 3 heteroatoms. The molecule has 3 N–H and O–H groups in total. The number of nitrogens with two attached hydrogens (primary N) is 1. The first-order valence-electron chi connectivity index (χ1n) is 2.50. The van der Waals surface area contributed by atoms with Crippen LogP contribution in [-0.2, 0) is 4.84 Å². The zero-order chi connectivity index (χ0) is 6.41. The summed E-state index contributed by atoms with van der Waals surface area (Å²) < 4.78 is 0. The topological polar surface area (TPSA) is 47.3 Å². The second-order valence-electron chi connectivity index (χ2n) is 1.52. The quantitative estimate of drug-likeness (QED) is 0.411. The minimum Gasteiger partial charge on any atom is -0.328 e. The van der Waals surface area contributed by atoms with Gasteiger partial charge in [-0.25, -0.2) is 0 Å². The number of allylic oxidation sites excluding steroid dienone is 1. The van der Waals surface area contributed by atoms with Crippen molar-refractivity contribution in [3.63, 3.8) is 0 Å². The van der Waals surface area contributed by atoms with Crippen LogP contribution >= 0.6 is 0 Å². The summed E-state index contributed by atoms with van der Waals surface area (Å²) >= 11 is 0. The Morgan fingerprint density at radius 2 is 2.62 bits per heavy atom. The van der Waals surface area contributed by atoms with Gasteiger partial charge in [-0.05, 0) is 6.92 Å². The molecule has 0 saturated carbocycles. The molecule has 0 rings (SSSR count). The molecule has 0 unspecified atom stereocenters. The zero-order valence-electron chi connectivity index (χ0n) is 5.11. The maximum Gasteiger partial charge on any atom is 0.0868 e. The van der Waals surface area contributed by atoms with Crippen LogP contribution in [0.15, 0.2) is 12.3 Å². The van der Waals surface area contributed by atoms with E-state index >= 15 is 0 Å². The predicted octanol–water partition coefficient (Wildman–Crippen LogP) is 0.246. The fourth-order valence-corrected chi connectivity index (χ4v) is 0.233. The maximum atomic E-state index is 5.12. The summed E-state index contributed by atoms with van der Waals surface area (Å²) in [6.07, 6.45) is 0. The van der Waals surface area contributed by atoms with Crippen LogP contribution in [0.3, 0.4) is 0 Å². The highest BCUT2D eigenvalue weighted by Crippen LogP contribution is 1.75. The summed E-state index contributed by atoms with van der Waals surface area (Å²) in [7, 11) is 0. The molecule has 0 aromatic carbocycles. The van der Waals surface area contributed by atoms with Crippen LogP contribution in [0.5, 0.6) is 0 Å². The minimum absolute atomic E-state index is 0. The van der Waals surface area contributed by atoms with E-state index in [-0.39, 0.29) is 1.43 Å². The average Bonchev–Trinajstić information content (AvgIpc) is 1.66. The van der Waals surface area contributed by atoms with E-state index in [0.717, 1.165) is 5.70 Å². The van der Waals surface area contributed by atoms with E-state index in [0.29, 0.717) is 13.2 Å². The van der Waals surface area contributed by atoms with Crippen molar-refractivity contribution >= 4 is 0 Å². The first kappa shape index (κ1) is 7.46. The second kappa shape index (κ2) is 4.61. The van der Waals surface area contributed by atoms with E-state index in [2.05, 4.69) is 12.1 Å². The van der Waals surface area contributed by atoms with Gasteiger partial charge < -0.3 is 5.73 Å². The third-order valence-corrected chi connectivity index (χ3v) is 0.466. The lowest BCUT2D eigenvalue weighted by Crippen LogP contribution is -2.17. The van der Waals surface area contributed by atoms with Crippen LogP contribution < -0.4 is 11.2 Å². The Bertz CT molecular complexity index is 77.4. The monoisotopic (exact) mass is 118 g/mol. The first-order chi connectivity index (χ1) is 3.77. The van der Waals surface area contributed by atoms with Gasteiger partial charge in [0.1, 0.15) is 0 Å². The predicted molar refractivity (Wildman–Crippen MR) is 35.1 cm³/mol. The van der Waals surface area contributed by atoms with Crippen molar-refractivity contribution in [2.24, 2.45) is 5.73 Å². The van der Waals surface area contributed by atoms with Crippen molar-refractivity contribution in [1.82, 2.24) is 5.48 Å². The molecule has 0 aliphatic rings. The highest BCUT2D eigenvalue weighted by molar-refractivity contribution is 4.79. The van der Waals surface area contributed by atoms with Crippen LogP contribution in [0.4, 0.5) is 0 Å². The Balaban J connectivity index is 0. The van der Waals surface area contributed by atoms with Crippen LogP contribution in [-0.4, -0.2) is 13.2 Å². The standard InChI is InChI=1S/C5H12N2O.H2/c1-5(2)7-8-4-3-6;/h7H,1,3-4,6H2,2H3;1H. The van der Waals surface area contributed by atoms with Gasteiger partial charge in [0.2, 0.25) is 0 Å². The van der Waals surface area contributed by atoms with Crippen LogP contribution in [0.1, 0.15) is 8.35 Å². The van der Waals surface area contributed by atoms with Crippen molar-refractivity contribution in [2.75, 3.05) is 13.2 Å². The maximum absolute atomic E-state index is 5.12. The number of nitrogens with one attached hydrogen (secondary N) is 1. The van der Waals surface area contributed by atoms with E-state index in [1.54, 1.807) is 0 Å². The summed E-state index contributed by atoms with van der Waals surface area (Å²) in [5.74, 6) is 0. The normalized spacial score (nSPS) is 8.75. The SMILES string of the molecule is C=C(C)NOCCN.[HH]. The number of hydrogen-bond donors (Lipinski definition) is 2. The molecule has 8 heavy (non-hydrogen) atoms. The third-order valence-electron chi connectivity index (χ3n) is 0.466. The van der Waals surface area contributed by atoms with Crippen LogP contribution in [0.25, 0.3) is 0 Å². The van der Waals surface area contributed by atoms with Gasteiger partial charge in [-0.1, -0.05) is 6.58 Å². The summed E-state index contributed by atoms with van der Waals surface area (Å²) in [6, 6.07) is 0. The average molecular weight is 118 g/mol. The fourth-order valence-electron chi connectivity index (χ4n) is 0.233. The van der Waals surface area contributed by atoms with E-state index in [9.17, 15) is 0 Å². The zero-order valence-corrected chi connectivity index (χ0v) is 5.11. The molecule has 0 heterocycles. The summed E-state index contributed by atoms with van der Waals surface area (Å²) in [5.41, 5.74) is 8.48. The molecule has 0 aromatic heterocycles. The Morgan fingerprint density at radius 3 is 3.00 bits per heavy atom. The number of rotatable bonds is 4.